The van der Waals surface area contributed by atoms with Crippen molar-refractivity contribution < 1.29 is 18.3 Å². The van der Waals surface area contributed by atoms with Crippen molar-refractivity contribution in [1.29, 1.82) is 0 Å². The van der Waals surface area contributed by atoms with Gasteiger partial charge in [-0.25, -0.2) is 8.42 Å². The molecule has 1 N–H and O–H groups in total. The van der Waals surface area contributed by atoms with Crippen LogP contribution in [-0.4, -0.2) is 36.4 Å². The van der Waals surface area contributed by atoms with Gasteiger partial charge < -0.3 is 5.11 Å². The van der Waals surface area contributed by atoms with Crippen LogP contribution in [0.2, 0.25) is 0 Å². The number of halogens is 1. The molecule has 1 aliphatic heterocycles. The van der Waals surface area contributed by atoms with Crippen molar-refractivity contribution >= 4 is 31.9 Å². The summed E-state index contributed by atoms with van der Waals surface area (Å²) in [5.74, 6) is -0.972. The number of sulfonamides is 1. The summed E-state index contributed by atoms with van der Waals surface area (Å²) in [6, 6.07) is 4.59. The second-order valence-corrected chi connectivity index (χ2v) is 7.66. The van der Waals surface area contributed by atoms with Crippen molar-refractivity contribution in [2.45, 2.75) is 37.1 Å². The molecule has 1 atom stereocenters. The Bertz CT molecular complexity index is 629. The molecular formula is C13H16BrNO4S. The number of carboxylic acids is 1. The van der Waals surface area contributed by atoms with Gasteiger partial charge in [-0.1, -0.05) is 6.07 Å². The van der Waals surface area contributed by atoms with Crippen LogP contribution in [0.5, 0.6) is 0 Å². The third-order valence-electron chi connectivity index (χ3n) is 3.41. The average Bonchev–Trinajstić information content (AvgIpc) is 2.76. The van der Waals surface area contributed by atoms with Crippen LogP contribution in [0.4, 0.5) is 0 Å². The van der Waals surface area contributed by atoms with Crippen molar-refractivity contribution in [3.8, 4) is 0 Å². The molecule has 110 valence electrons. The summed E-state index contributed by atoms with van der Waals surface area (Å²) >= 11 is 3.28. The van der Waals surface area contributed by atoms with Gasteiger partial charge in [-0.05, 0) is 53.4 Å². The fraction of sp³-hybridized carbons (Fsp3) is 0.462. The molecule has 0 aromatic heterocycles. The Hall–Kier alpha value is -0.920. The van der Waals surface area contributed by atoms with Gasteiger partial charge in [-0.3, -0.25) is 4.79 Å². The molecule has 0 amide bonds. The first-order chi connectivity index (χ1) is 9.32. The molecule has 1 fully saturated rings. The molecule has 0 bridgehead atoms. The van der Waals surface area contributed by atoms with Crippen LogP contribution in [0.25, 0.3) is 0 Å². The topological polar surface area (TPSA) is 74.7 Å². The number of carboxylic acid groups (broad SMARTS) is 1. The lowest BCUT2D eigenvalue weighted by atomic mass is 10.2. The molecule has 1 heterocycles. The third-order valence-corrected chi connectivity index (χ3v) is 6.34. The van der Waals surface area contributed by atoms with E-state index in [1.807, 2.05) is 6.92 Å². The second-order valence-electron chi connectivity index (χ2n) is 4.94. The number of rotatable bonds is 4. The predicted octanol–water partition coefficient (Wildman–Crippen LogP) is 2.39. The summed E-state index contributed by atoms with van der Waals surface area (Å²) in [4.78, 5) is 11.0. The van der Waals surface area contributed by atoms with E-state index in [0.717, 1.165) is 5.56 Å². The molecule has 1 aromatic carbocycles. The number of aliphatic carboxylic acids is 1. The molecule has 0 saturated carbocycles. The van der Waals surface area contributed by atoms with Crippen LogP contribution in [0.1, 0.15) is 24.8 Å². The summed E-state index contributed by atoms with van der Waals surface area (Å²) in [7, 11) is -3.66. The third kappa shape index (κ3) is 3.05. The zero-order chi connectivity index (χ0) is 14.9. The lowest BCUT2D eigenvalue weighted by Crippen LogP contribution is -2.37. The Labute approximate surface area is 126 Å². The maximum atomic E-state index is 12.7. The molecule has 0 radical (unpaired) electrons. The molecule has 5 nitrogen and oxygen atoms in total. The van der Waals surface area contributed by atoms with Gasteiger partial charge in [0, 0.05) is 17.1 Å². The number of nitrogens with zero attached hydrogens (tertiary/aromatic N) is 1. The minimum atomic E-state index is -3.66. The van der Waals surface area contributed by atoms with Crippen molar-refractivity contribution in [3.63, 3.8) is 0 Å². The van der Waals surface area contributed by atoms with Crippen LogP contribution in [0.3, 0.4) is 0 Å². The number of aryl methyl sites for hydroxylation is 1. The largest absolute Gasteiger partial charge is 0.481 e. The van der Waals surface area contributed by atoms with Gasteiger partial charge in [0.15, 0.2) is 0 Å². The summed E-state index contributed by atoms with van der Waals surface area (Å²) in [5, 5.41) is 8.89. The molecule has 1 aliphatic rings. The SMILES string of the molecule is Cc1ccc(S(=O)(=O)N2CCCC2CC(=O)O)c(Br)c1. The molecule has 1 saturated heterocycles. The van der Waals surface area contributed by atoms with Crippen LogP contribution in [-0.2, 0) is 14.8 Å². The first-order valence-corrected chi connectivity index (χ1v) is 8.55. The normalized spacial score (nSPS) is 20.2. The van der Waals surface area contributed by atoms with Crippen molar-refractivity contribution in [1.82, 2.24) is 4.31 Å². The molecule has 1 unspecified atom stereocenters. The van der Waals surface area contributed by atoms with Gasteiger partial charge in [0.2, 0.25) is 10.0 Å². The maximum absolute atomic E-state index is 12.7. The first kappa shape index (κ1) is 15.5. The van der Waals surface area contributed by atoms with Gasteiger partial charge in [0.05, 0.1) is 11.3 Å². The monoisotopic (exact) mass is 361 g/mol. The minimum Gasteiger partial charge on any atom is -0.481 e. The minimum absolute atomic E-state index is 0.150. The summed E-state index contributed by atoms with van der Waals surface area (Å²) in [6.45, 7) is 2.25. The van der Waals surface area contributed by atoms with E-state index < -0.39 is 22.0 Å². The Morgan fingerprint density at radius 2 is 2.20 bits per heavy atom. The van der Waals surface area contributed by atoms with E-state index in [-0.39, 0.29) is 11.3 Å². The highest BCUT2D eigenvalue weighted by Crippen LogP contribution is 2.31. The van der Waals surface area contributed by atoms with Crippen molar-refractivity contribution in [3.05, 3.63) is 28.2 Å². The predicted molar refractivity (Wildman–Crippen MR) is 78.0 cm³/mol. The van der Waals surface area contributed by atoms with Crippen LogP contribution < -0.4 is 0 Å². The second kappa shape index (κ2) is 5.83. The van der Waals surface area contributed by atoms with E-state index in [2.05, 4.69) is 15.9 Å². The van der Waals surface area contributed by atoms with Crippen molar-refractivity contribution in [2.75, 3.05) is 6.54 Å². The Kier molecular flexibility index (Phi) is 4.51. The highest BCUT2D eigenvalue weighted by Gasteiger charge is 2.37. The van der Waals surface area contributed by atoms with E-state index >= 15 is 0 Å². The van der Waals surface area contributed by atoms with E-state index in [0.29, 0.717) is 23.9 Å². The van der Waals surface area contributed by atoms with Crippen LogP contribution >= 0.6 is 15.9 Å². The first-order valence-electron chi connectivity index (χ1n) is 6.32. The van der Waals surface area contributed by atoms with E-state index in [4.69, 9.17) is 5.11 Å². The van der Waals surface area contributed by atoms with Gasteiger partial charge in [-0.15, -0.1) is 0 Å². The maximum Gasteiger partial charge on any atom is 0.304 e. The summed E-state index contributed by atoms with van der Waals surface area (Å²) < 4.78 is 27.2. The fourth-order valence-corrected chi connectivity index (χ4v) is 5.32. The fourth-order valence-electron chi connectivity index (χ4n) is 2.47. The van der Waals surface area contributed by atoms with Gasteiger partial charge >= 0.3 is 5.97 Å². The zero-order valence-electron chi connectivity index (χ0n) is 11.0. The summed E-state index contributed by atoms with van der Waals surface area (Å²) in [5.41, 5.74) is 0.958. The average molecular weight is 362 g/mol. The molecule has 0 aliphatic carbocycles. The van der Waals surface area contributed by atoms with Gasteiger partial charge in [0.1, 0.15) is 0 Å². The molecule has 0 spiro atoms. The number of carbonyl (C=O) groups is 1. The standard InChI is InChI=1S/C13H16BrNO4S/c1-9-4-5-12(11(14)7-9)20(18,19)15-6-2-3-10(15)8-13(16)17/h4-5,7,10H,2-3,6,8H2,1H3,(H,16,17). The van der Waals surface area contributed by atoms with E-state index in [9.17, 15) is 13.2 Å². The van der Waals surface area contributed by atoms with Crippen molar-refractivity contribution in [2.24, 2.45) is 0 Å². The highest BCUT2D eigenvalue weighted by molar-refractivity contribution is 9.10. The molecule has 20 heavy (non-hydrogen) atoms. The van der Waals surface area contributed by atoms with Crippen LogP contribution in [0.15, 0.2) is 27.6 Å². The van der Waals surface area contributed by atoms with E-state index in [1.54, 1.807) is 18.2 Å². The molecule has 7 heteroatoms. The molecule has 2 rings (SSSR count). The Morgan fingerprint density at radius 1 is 1.50 bits per heavy atom. The smallest absolute Gasteiger partial charge is 0.304 e. The number of hydrogen-bond donors (Lipinski definition) is 1. The lowest BCUT2D eigenvalue weighted by Gasteiger charge is -2.23. The van der Waals surface area contributed by atoms with Crippen LogP contribution in [0, 0.1) is 6.92 Å². The lowest BCUT2D eigenvalue weighted by molar-refractivity contribution is -0.137. The Morgan fingerprint density at radius 3 is 2.80 bits per heavy atom. The highest BCUT2D eigenvalue weighted by atomic mass is 79.9. The summed E-state index contributed by atoms with van der Waals surface area (Å²) in [6.07, 6.45) is 1.14. The van der Waals surface area contributed by atoms with Gasteiger partial charge in [0.25, 0.3) is 0 Å². The Balaban J connectivity index is 2.36. The molecule has 1 aromatic rings. The zero-order valence-corrected chi connectivity index (χ0v) is 13.4. The quantitative estimate of drug-likeness (QED) is 0.893. The van der Waals surface area contributed by atoms with E-state index in [1.165, 1.54) is 4.31 Å². The number of benzene rings is 1. The van der Waals surface area contributed by atoms with Gasteiger partial charge in [-0.2, -0.15) is 4.31 Å². The molecular weight excluding hydrogens is 346 g/mol. The number of hydrogen-bond acceptors (Lipinski definition) is 3.